The fourth-order valence-electron chi connectivity index (χ4n) is 2.03. The van der Waals surface area contributed by atoms with Gasteiger partial charge in [0, 0.05) is 6.54 Å². The van der Waals surface area contributed by atoms with Crippen molar-refractivity contribution in [2.24, 2.45) is 0 Å². The minimum absolute atomic E-state index is 0.0232. The van der Waals surface area contributed by atoms with Gasteiger partial charge in [-0.25, -0.2) is 17.9 Å². The number of aliphatic hydroxyl groups is 1. The smallest absolute Gasteiger partial charge is 0.335 e. The Labute approximate surface area is 124 Å². The Kier molecular flexibility index (Phi) is 5.88. The molecule has 0 radical (unpaired) electrons. The second kappa shape index (κ2) is 7.02. The van der Waals surface area contributed by atoms with E-state index in [-0.39, 0.29) is 17.0 Å². The van der Waals surface area contributed by atoms with Crippen LogP contribution in [-0.2, 0) is 10.0 Å². The summed E-state index contributed by atoms with van der Waals surface area (Å²) in [6, 6.07) is 2.73. The molecule has 0 aromatic heterocycles. The molecule has 1 aromatic carbocycles. The molecule has 1 aromatic rings. The van der Waals surface area contributed by atoms with Crippen LogP contribution in [0, 0.1) is 13.8 Å². The first-order chi connectivity index (χ1) is 9.65. The Balaban J connectivity index is 2.97. The lowest BCUT2D eigenvalue weighted by atomic mass is 10.1. The van der Waals surface area contributed by atoms with E-state index in [0.717, 1.165) is 0 Å². The van der Waals surface area contributed by atoms with Gasteiger partial charge < -0.3 is 10.2 Å². The molecule has 1 unspecified atom stereocenters. The molecule has 0 fully saturated rings. The summed E-state index contributed by atoms with van der Waals surface area (Å²) in [5, 5.41) is 18.2. The van der Waals surface area contributed by atoms with Gasteiger partial charge in [-0.1, -0.05) is 6.07 Å². The summed E-state index contributed by atoms with van der Waals surface area (Å²) in [5.74, 6) is -1.15. The van der Waals surface area contributed by atoms with Crippen LogP contribution in [0.1, 0.15) is 41.3 Å². The third kappa shape index (κ3) is 4.80. The van der Waals surface area contributed by atoms with Gasteiger partial charge in [0.05, 0.1) is 16.6 Å². The summed E-state index contributed by atoms with van der Waals surface area (Å²) < 4.78 is 26.9. The molecule has 0 amide bonds. The van der Waals surface area contributed by atoms with E-state index in [2.05, 4.69) is 4.72 Å². The lowest BCUT2D eigenvalue weighted by molar-refractivity contribution is 0.0696. The van der Waals surface area contributed by atoms with E-state index in [1.165, 1.54) is 6.07 Å². The van der Waals surface area contributed by atoms with Crippen molar-refractivity contribution >= 4 is 16.0 Å². The van der Waals surface area contributed by atoms with Gasteiger partial charge in [0.2, 0.25) is 10.0 Å². The number of hydrogen-bond acceptors (Lipinski definition) is 4. The topological polar surface area (TPSA) is 104 Å². The van der Waals surface area contributed by atoms with Crippen molar-refractivity contribution in [1.29, 1.82) is 0 Å². The lowest BCUT2D eigenvalue weighted by Crippen LogP contribution is -2.26. The first-order valence-corrected chi connectivity index (χ1v) is 8.15. The molecule has 0 saturated heterocycles. The molecule has 3 N–H and O–H groups in total. The molecule has 0 saturated carbocycles. The molecule has 1 atom stereocenters. The highest BCUT2D eigenvalue weighted by Gasteiger charge is 2.20. The maximum Gasteiger partial charge on any atom is 0.335 e. The summed E-state index contributed by atoms with van der Waals surface area (Å²) in [5.41, 5.74) is 0.999. The Morgan fingerprint density at radius 2 is 1.90 bits per heavy atom. The first kappa shape index (κ1) is 17.6. The van der Waals surface area contributed by atoms with Crippen LogP contribution in [-0.4, -0.2) is 37.2 Å². The second-order valence-corrected chi connectivity index (χ2v) is 6.86. The zero-order chi connectivity index (χ0) is 16.2. The largest absolute Gasteiger partial charge is 0.478 e. The highest BCUT2D eigenvalue weighted by molar-refractivity contribution is 7.89. The van der Waals surface area contributed by atoms with Crippen molar-refractivity contribution in [3.8, 4) is 0 Å². The van der Waals surface area contributed by atoms with E-state index in [1.807, 2.05) is 0 Å². The van der Waals surface area contributed by atoms with Crippen molar-refractivity contribution in [2.75, 3.05) is 6.54 Å². The van der Waals surface area contributed by atoms with Crippen LogP contribution < -0.4 is 4.72 Å². The van der Waals surface area contributed by atoms with Crippen molar-refractivity contribution in [3.05, 3.63) is 28.8 Å². The second-order valence-electron chi connectivity index (χ2n) is 5.13. The van der Waals surface area contributed by atoms with E-state index in [4.69, 9.17) is 10.2 Å². The van der Waals surface area contributed by atoms with Crippen molar-refractivity contribution in [2.45, 2.75) is 44.6 Å². The third-order valence-electron chi connectivity index (χ3n) is 3.13. The van der Waals surface area contributed by atoms with Crippen LogP contribution in [0.4, 0.5) is 0 Å². The van der Waals surface area contributed by atoms with E-state index >= 15 is 0 Å². The van der Waals surface area contributed by atoms with Gasteiger partial charge in [0.15, 0.2) is 0 Å². The van der Waals surface area contributed by atoms with Gasteiger partial charge in [0.25, 0.3) is 0 Å². The summed E-state index contributed by atoms with van der Waals surface area (Å²) in [6.07, 6.45) is 0.526. The van der Waals surface area contributed by atoms with Gasteiger partial charge in [-0.15, -0.1) is 0 Å². The zero-order valence-electron chi connectivity index (χ0n) is 12.4. The van der Waals surface area contributed by atoms with E-state index < -0.39 is 22.1 Å². The summed E-state index contributed by atoms with van der Waals surface area (Å²) in [4.78, 5) is 11.1. The molecule has 21 heavy (non-hydrogen) atoms. The molecule has 0 aliphatic rings. The fourth-order valence-corrected chi connectivity index (χ4v) is 3.36. The van der Waals surface area contributed by atoms with Gasteiger partial charge in [-0.05, 0) is 50.8 Å². The number of sulfonamides is 1. The summed E-state index contributed by atoms with van der Waals surface area (Å²) in [7, 11) is -3.76. The van der Waals surface area contributed by atoms with E-state index in [9.17, 15) is 13.2 Å². The normalized spacial score (nSPS) is 13.1. The van der Waals surface area contributed by atoms with Gasteiger partial charge in [0.1, 0.15) is 0 Å². The number of carboxylic acids is 1. The number of carbonyl (C=O) groups is 1. The summed E-state index contributed by atoms with van der Waals surface area (Å²) in [6.45, 7) is 5.09. The van der Waals surface area contributed by atoms with Crippen LogP contribution in [0.5, 0.6) is 0 Å². The molecular weight excluding hydrogens is 294 g/mol. The average Bonchev–Trinajstić information content (AvgIpc) is 2.33. The van der Waals surface area contributed by atoms with Gasteiger partial charge >= 0.3 is 5.97 Å². The third-order valence-corrected chi connectivity index (χ3v) is 4.74. The Hall–Kier alpha value is -1.44. The molecule has 0 bridgehead atoms. The number of nitrogens with one attached hydrogen (secondary N) is 1. The van der Waals surface area contributed by atoms with Crippen LogP contribution in [0.15, 0.2) is 17.0 Å². The predicted molar refractivity (Wildman–Crippen MR) is 79.0 cm³/mol. The highest BCUT2D eigenvalue weighted by atomic mass is 32.2. The van der Waals surface area contributed by atoms with Crippen molar-refractivity contribution < 1.29 is 23.4 Å². The number of aliphatic hydroxyl groups excluding tert-OH is 1. The summed E-state index contributed by atoms with van der Waals surface area (Å²) >= 11 is 0. The Morgan fingerprint density at radius 3 is 2.43 bits per heavy atom. The molecule has 1 rings (SSSR count). The molecule has 0 heterocycles. The van der Waals surface area contributed by atoms with Crippen molar-refractivity contribution in [1.82, 2.24) is 4.72 Å². The van der Waals surface area contributed by atoms with Crippen LogP contribution >= 0.6 is 0 Å². The van der Waals surface area contributed by atoms with E-state index in [1.54, 1.807) is 26.8 Å². The predicted octanol–water partition coefficient (Wildman–Crippen LogP) is 1.44. The standard InChI is InChI=1S/C14H21NO5S/c1-9-7-10(2)13(8-12(9)14(17)18)21(19,20)15-6-4-5-11(3)16/h7-8,11,15-16H,4-6H2,1-3H3,(H,17,18). The molecule has 0 spiro atoms. The number of aryl methyl sites for hydroxylation is 2. The average molecular weight is 315 g/mol. The molecule has 7 heteroatoms. The van der Waals surface area contributed by atoms with Crippen LogP contribution in [0.2, 0.25) is 0 Å². The Bertz CT molecular complexity index is 622. The molecule has 0 aliphatic heterocycles. The van der Waals surface area contributed by atoms with E-state index in [0.29, 0.717) is 24.0 Å². The quantitative estimate of drug-likeness (QED) is 0.661. The minimum atomic E-state index is -3.76. The fraction of sp³-hybridized carbons (Fsp3) is 0.500. The van der Waals surface area contributed by atoms with Crippen LogP contribution in [0.25, 0.3) is 0 Å². The van der Waals surface area contributed by atoms with Crippen LogP contribution in [0.3, 0.4) is 0 Å². The number of rotatable bonds is 7. The number of aromatic carboxylic acids is 1. The Morgan fingerprint density at radius 1 is 1.29 bits per heavy atom. The molecule has 6 nitrogen and oxygen atoms in total. The number of carboxylic acid groups (broad SMARTS) is 1. The maximum absolute atomic E-state index is 12.2. The molecule has 118 valence electrons. The molecular formula is C14H21NO5S. The zero-order valence-corrected chi connectivity index (χ0v) is 13.2. The van der Waals surface area contributed by atoms with Gasteiger partial charge in [-0.2, -0.15) is 0 Å². The minimum Gasteiger partial charge on any atom is -0.478 e. The first-order valence-electron chi connectivity index (χ1n) is 6.67. The number of benzene rings is 1. The monoisotopic (exact) mass is 315 g/mol. The lowest BCUT2D eigenvalue weighted by Gasteiger charge is -2.12. The SMILES string of the molecule is Cc1cc(C)c(S(=O)(=O)NCCCC(C)O)cc1C(=O)O. The van der Waals surface area contributed by atoms with Gasteiger partial charge in [-0.3, -0.25) is 0 Å². The van der Waals surface area contributed by atoms with Crippen molar-refractivity contribution in [3.63, 3.8) is 0 Å². The highest BCUT2D eigenvalue weighted by Crippen LogP contribution is 2.20. The number of hydrogen-bond donors (Lipinski definition) is 3. The molecule has 0 aliphatic carbocycles. The maximum atomic E-state index is 12.2.